The van der Waals surface area contributed by atoms with Crippen molar-refractivity contribution in [2.24, 2.45) is 0 Å². The molecular formula is C7H5BrFNO2. The van der Waals surface area contributed by atoms with E-state index in [1.165, 1.54) is 12.1 Å². The quantitative estimate of drug-likeness (QED) is 0.790. The van der Waals surface area contributed by atoms with Gasteiger partial charge in [-0.25, -0.2) is 9.37 Å². The number of halogens is 2. The maximum Gasteiger partial charge on any atom is 0.309 e. The summed E-state index contributed by atoms with van der Waals surface area (Å²) >= 11 is 3.02. The van der Waals surface area contributed by atoms with Crippen molar-refractivity contribution in [3.05, 3.63) is 28.2 Å². The fourth-order valence-electron chi connectivity index (χ4n) is 0.725. The monoisotopic (exact) mass is 233 g/mol. The molecule has 0 aliphatic carbocycles. The standard InChI is InChI=1S/C7H5BrFNO2/c8-6-2-1-4(9)5(10-6)3-7(11)12/h1-2H,3H2,(H,11,12). The van der Waals surface area contributed by atoms with Crippen LogP contribution in [0, 0.1) is 5.82 Å². The molecular weight excluding hydrogens is 229 g/mol. The molecule has 0 spiro atoms. The molecule has 0 bridgehead atoms. The number of carboxylic acids is 1. The van der Waals surface area contributed by atoms with Gasteiger partial charge in [0.25, 0.3) is 0 Å². The Hall–Kier alpha value is -0.970. The molecule has 0 aromatic carbocycles. The van der Waals surface area contributed by atoms with Crippen molar-refractivity contribution in [2.75, 3.05) is 0 Å². The second-order valence-corrected chi connectivity index (χ2v) is 2.95. The number of aromatic nitrogens is 1. The lowest BCUT2D eigenvalue weighted by Gasteiger charge is -1.98. The van der Waals surface area contributed by atoms with E-state index >= 15 is 0 Å². The molecule has 0 radical (unpaired) electrons. The number of aliphatic carboxylic acids is 1. The second-order valence-electron chi connectivity index (χ2n) is 2.13. The van der Waals surface area contributed by atoms with Gasteiger partial charge in [0.2, 0.25) is 0 Å². The molecule has 3 nitrogen and oxygen atoms in total. The predicted octanol–water partition coefficient (Wildman–Crippen LogP) is 1.61. The Bertz CT molecular complexity index is 316. The fraction of sp³-hybridized carbons (Fsp3) is 0.143. The largest absolute Gasteiger partial charge is 0.481 e. The normalized spacial score (nSPS) is 9.83. The third-order valence-corrected chi connectivity index (χ3v) is 1.64. The Morgan fingerprint density at radius 3 is 2.92 bits per heavy atom. The van der Waals surface area contributed by atoms with Crippen LogP contribution in [0.15, 0.2) is 16.7 Å². The predicted molar refractivity (Wildman–Crippen MR) is 43.2 cm³/mol. The zero-order chi connectivity index (χ0) is 9.14. The molecule has 12 heavy (non-hydrogen) atoms. The first kappa shape index (κ1) is 9.12. The van der Waals surface area contributed by atoms with Crippen LogP contribution in [0.1, 0.15) is 5.69 Å². The van der Waals surface area contributed by atoms with Gasteiger partial charge in [0.15, 0.2) is 0 Å². The van der Waals surface area contributed by atoms with Gasteiger partial charge in [0.1, 0.15) is 10.4 Å². The lowest BCUT2D eigenvalue weighted by molar-refractivity contribution is -0.136. The van der Waals surface area contributed by atoms with E-state index in [0.717, 1.165) is 0 Å². The number of hydrogen-bond donors (Lipinski definition) is 1. The molecule has 0 amide bonds. The zero-order valence-electron chi connectivity index (χ0n) is 5.92. The fourth-order valence-corrected chi connectivity index (χ4v) is 1.07. The van der Waals surface area contributed by atoms with Gasteiger partial charge in [-0.2, -0.15) is 0 Å². The van der Waals surface area contributed by atoms with Crippen LogP contribution in [0.4, 0.5) is 4.39 Å². The number of carbonyl (C=O) groups is 1. The van der Waals surface area contributed by atoms with Crippen LogP contribution in [0.2, 0.25) is 0 Å². The van der Waals surface area contributed by atoms with Crippen molar-refractivity contribution in [3.8, 4) is 0 Å². The summed E-state index contributed by atoms with van der Waals surface area (Å²) in [5.41, 5.74) is -0.0584. The Morgan fingerprint density at radius 1 is 1.67 bits per heavy atom. The Labute approximate surface area is 76.4 Å². The van der Waals surface area contributed by atoms with Crippen LogP contribution in [0.25, 0.3) is 0 Å². The number of carboxylic acid groups (broad SMARTS) is 1. The van der Waals surface area contributed by atoms with Gasteiger partial charge in [-0.1, -0.05) is 0 Å². The molecule has 0 fully saturated rings. The maximum absolute atomic E-state index is 12.8. The third kappa shape index (κ3) is 2.27. The molecule has 1 rings (SSSR count). The minimum atomic E-state index is -1.10. The SMILES string of the molecule is O=C(O)Cc1nc(Br)ccc1F. The highest BCUT2D eigenvalue weighted by Crippen LogP contribution is 2.10. The first-order valence-corrected chi connectivity index (χ1v) is 3.91. The molecule has 0 atom stereocenters. The summed E-state index contributed by atoms with van der Waals surface area (Å²) in [6.45, 7) is 0. The van der Waals surface area contributed by atoms with Crippen LogP contribution in [0.3, 0.4) is 0 Å². The van der Waals surface area contributed by atoms with Crippen molar-refractivity contribution < 1.29 is 14.3 Å². The molecule has 0 saturated heterocycles. The number of rotatable bonds is 2. The summed E-state index contributed by atoms with van der Waals surface area (Å²) in [6.07, 6.45) is -0.398. The topological polar surface area (TPSA) is 50.2 Å². The Balaban J connectivity index is 2.97. The molecule has 5 heteroatoms. The smallest absolute Gasteiger partial charge is 0.309 e. The van der Waals surface area contributed by atoms with Gasteiger partial charge in [-0.3, -0.25) is 4.79 Å². The summed E-state index contributed by atoms with van der Waals surface area (Å²) in [6, 6.07) is 2.59. The van der Waals surface area contributed by atoms with Crippen LogP contribution in [0.5, 0.6) is 0 Å². The maximum atomic E-state index is 12.8. The second kappa shape index (κ2) is 3.62. The summed E-state index contributed by atoms with van der Waals surface area (Å²) in [5, 5.41) is 8.36. The van der Waals surface area contributed by atoms with E-state index in [2.05, 4.69) is 20.9 Å². The first-order chi connectivity index (χ1) is 5.59. The van der Waals surface area contributed by atoms with Gasteiger partial charge < -0.3 is 5.11 Å². The van der Waals surface area contributed by atoms with Gasteiger partial charge in [0.05, 0.1) is 12.1 Å². The average Bonchev–Trinajstić information content (AvgIpc) is 1.96. The summed E-state index contributed by atoms with van der Waals surface area (Å²) in [4.78, 5) is 13.9. The molecule has 1 N–H and O–H groups in total. The molecule has 0 unspecified atom stereocenters. The molecule has 1 aromatic heterocycles. The average molecular weight is 234 g/mol. The van der Waals surface area contributed by atoms with Crippen LogP contribution in [-0.4, -0.2) is 16.1 Å². The third-order valence-electron chi connectivity index (χ3n) is 1.20. The highest BCUT2D eigenvalue weighted by atomic mass is 79.9. The minimum absolute atomic E-state index is 0.0584. The molecule has 1 heterocycles. The summed E-state index contributed by atoms with van der Waals surface area (Å²) < 4.78 is 13.2. The lowest BCUT2D eigenvalue weighted by Crippen LogP contribution is -2.04. The van der Waals surface area contributed by atoms with Gasteiger partial charge in [-0.05, 0) is 28.1 Å². The van der Waals surface area contributed by atoms with E-state index in [9.17, 15) is 9.18 Å². The van der Waals surface area contributed by atoms with E-state index in [1.807, 2.05) is 0 Å². The van der Waals surface area contributed by atoms with Gasteiger partial charge >= 0.3 is 5.97 Å². The van der Waals surface area contributed by atoms with Crippen molar-refractivity contribution >= 4 is 21.9 Å². The van der Waals surface area contributed by atoms with Gasteiger partial charge in [0, 0.05) is 0 Å². The van der Waals surface area contributed by atoms with Crippen molar-refractivity contribution in [3.63, 3.8) is 0 Å². The molecule has 0 aliphatic rings. The van der Waals surface area contributed by atoms with Crippen LogP contribution >= 0.6 is 15.9 Å². The molecule has 64 valence electrons. The van der Waals surface area contributed by atoms with Crippen LogP contribution < -0.4 is 0 Å². The highest BCUT2D eigenvalue weighted by Gasteiger charge is 2.08. The first-order valence-electron chi connectivity index (χ1n) is 3.12. The van der Waals surface area contributed by atoms with E-state index in [-0.39, 0.29) is 5.69 Å². The lowest BCUT2D eigenvalue weighted by atomic mass is 10.2. The highest BCUT2D eigenvalue weighted by molar-refractivity contribution is 9.10. The number of hydrogen-bond acceptors (Lipinski definition) is 2. The van der Waals surface area contributed by atoms with E-state index in [1.54, 1.807) is 0 Å². The summed E-state index contributed by atoms with van der Waals surface area (Å²) in [5.74, 6) is -1.69. The van der Waals surface area contributed by atoms with E-state index in [0.29, 0.717) is 4.60 Å². The summed E-state index contributed by atoms with van der Waals surface area (Å²) in [7, 11) is 0. The van der Waals surface area contributed by atoms with Crippen molar-refractivity contribution in [1.82, 2.24) is 4.98 Å². The van der Waals surface area contributed by atoms with Crippen LogP contribution in [-0.2, 0) is 11.2 Å². The zero-order valence-corrected chi connectivity index (χ0v) is 7.51. The Morgan fingerprint density at radius 2 is 2.33 bits per heavy atom. The molecule has 1 aromatic rings. The Kier molecular flexibility index (Phi) is 2.75. The van der Waals surface area contributed by atoms with E-state index < -0.39 is 18.2 Å². The van der Waals surface area contributed by atoms with E-state index in [4.69, 9.17) is 5.11 Å². The van der Waals surface area contributed by atoms with Crippen molar-refractivity contribution in [1.29, 1.82) is 0 Å². The van der Waals surface area contributed by atoms with Crippen molar-refractivity contribution in [2.45, 2.75) is 6.42 Å². The number of nitrogens with zero attached hydrogens (tertiary/aromatic N) is 1. The molecule has 0 saturated carbocycles. The minimum Gasteiger partial charge on any atom is -0.481 e. The van der Waals surface area contributed by atoms with Gasteiger partial charge in [-0.15, -0.1) is 0 Å². The number of pyridine rings is 1. The molecule has 0 aliphatic heterocycles.